The Morgan fingerprint density at radius 3 is 2.74 bits per heavy atom. The summed E-state index contributed by atoms with van der Waals surface area (Å²) in [5, 5.41) is 10.9. The third-order valence-corrected chi connectivity index (χ3v) is 4.97. The Kier molecular flexibility index (Phi) is 3.57. The predicted molar refractivity (Wildman–Crippen MR) is 74.7 cm³/mol. The monoisotopic (exact) mass is 282 g/mol. The number of benzene rings is 1. The largest absolute Gasteiger partial charge is 0.390 e. The highest BCUT2D eigenvalue weighted by atomic mass is 35.5. The number of aliphatic hydroxyl groups is 1. The summed E-state index contributed by atoms with van der Waals surface area (Å²) in [5.41, 5.74) is 0.201. The third-order valence-electron chi connectivity index (χ3n) is 4.67. The molecular formula is C16H20ClFO. The Morgan fingerprint density at radius 2 is 2.05 bits per heavy atom. The lowest BCUT2D eigenvalue weighted by Gasteiger charge is -2.37. The Labute approximate surface area is 118 Å². The van der Waals surface area contributed by atoms with Crippen molar-refractivity contribution in [2.45, 2.75) is 50.5 Å². The van der Waals surface area contributed by atoms with Crippen LogP contribution in [0.3, 0.4) is 0 Å². The van der Waals surface area contributed by atoms with Crippen LogP contribution in [0.25, 0.3) is 0 Å². The topological polar surface area (TPSA) is 20.2 Å². The minimum Gasteiger partial charge on any atom is -0.390 e. The van der Waals surface area contributed by atoms with Crippen molar-refractivity contribution in [3.05, 3.63) is 34.6 Å². The summed E-state index contributed by atoms with van der Waals surface area (Å²) in [6.07, 6.45) is 7.26. The average Bonchev–Trinajstić information content (AvgIpc) is 3.18. The van der Waals surface area contributed by atoms with Crippen LogP contribution in [-0.4, -0.2) is 10.7 Å². The lowest BCUT2D eigenvalue weighted by Crippen LogP contribution is -2.38. The van der Waals surface area contributed by atoms with E-state index >= 15 is 0 Å². The van der Waals surface area contributed by atoms with E-state index in [4.69, 9.17) is 11.6 Å². The summed E-state index contributed by atoms with van der Waals surface area (Å²) < 4.78 is 13.5. The Balaban J connectivity index is 1.71. The van der Waals surface area contributed by atoms with Crippen LogP contribution in [0.5, 0.6) is 0 Å². The van der Waals surface area contributed by atoms with Gasteiger partial charge in [-0.1, -0.05) is 24.1 Å². The molecule has 1 aromatic rings. The molecule has 0 heterocycles. The second-order valence-corrected chi connectivity index (χ2v) is 6.75. The molecule has 1 nitrogen and oxygen atoms in total. The molecule has 0 bridgehead atoms. The van der Waals surface area contributed by atoms with Crippen LogP contribution in [0.1, 0.15) is 44.1 Å². The summed E-state index contributed by atoms with van der Waals surface area (Å²) in [4.78, 5) is 0. The Bertz CT molecular complexity index is 472. The summed E-state index contributed by atoms with van der Waals surface area (Å²) in [6, 6.07) is 4.86. The molecule has 0 spiro atoms. The highest BCUT2D eigenvalue weighted by molar-refractivity contribution is 6.30. The van der Waals surface area contributed by atoms with Gasteiger partial charge in [-0.3, -0.25) is 0 Å². The highest BCUT2D eigenvalue weighted by Gasteiger charge is 2.40. The molecule has 2 saturated carbocycles. The number of halogens is 2. The number of hydrogen-bond donors (Lipinski definition) is 1. The van der Waals surface area contributed by atoms with Crippen molar-refractivity contribution in [2.75, 3.05) is 0 Å². The second kappa shape index (κ2) is 5.06. The molecule has 0 saturated heterocycles. The summed E-state index contributed by atoms with van der Waals surface area (Å²) >= 11 is 5.69. The minimum atomic E-state index is -0.647. The van der Waals surface area contributed by atoms with Crippen LogP contribution < -0.4 is 0 Å². The van der Waals surface area contributed by atoms with Crippen molar-refractivity contribution in [1.29, 1.82) is 0 Å². The highest BCUT2D eigenvalue weighted by Crippen LogP contribution is 2.47. The van der Waals surface area contributed by atoms with Crippen LogP contribution >= 0.6 is 11.6 Å². The first-order chi connectivity index (χ1) is 9.06. The Morgan fingerprint density at radius 1 is 1.26 bits per heavy atom. The molecule has 2 unspecified atom stereocenters. The van der Waals surface area contributed by atoms with Gasteiger partial charge in [0.05, 0.1) is 10.6 Å². The molecule has 0 radical (unpaired) electrons. The van der Waals surface area contributed by atoms with E-state index < -0.39 is 11.4 Å². The van der Waals surface area contributed by atoms with Crippen molar-refractivity contribution >= 4 is 11.6 Å². The maximum Gasteiger partial charge on any atom is 0.142 e. The van der Waals surface area contributed by atoms with Crippen molar-refractivity contribution in [3.8, 4) is 0 Å². The zero-order chi connectivity index (χ0) is 13.5. The van der Waals surface area contributed by atoms with Gasteiger partial charge in [-0.05, 0) is 61.6 Å². The molecule has 2 fully saturated rings. The molecule has 1 N–H and O–H groups in total. The summed E-state index contributed by atoms with van der Waals surface area (Å²) in [7, 11) is 0. The van der Waals surface area contributed by atoms with Crippen LogP contribution in [0.15, 0.2) is 18.2 Å². The fourth-order valence-electron chi connectivity index (χ4n) is 3.55. The predicted octanol–water partition coefficient (Wildman–Crippen LogP) is 4.35. The molecule has 19 heavy (non-hydrogen) atoms. The quantitative estimate of drug-likeness (QED) is 0.874. The fraction of sp³-hybridized carbons (Fsp3) is 0.625. The molecule has 104 valence electrons. The van der Waals surface area contributed by atoms with Gasteiger partial charge in [0.15, 0.2) is 0 Å². The Hall–Kier alpha value is -0.600. The van der Waals surface area contributed by atoms with Crippen molar-refractivity contribution in [2.24, 2.45) is 11.8 Å². The van der Waals surface area contributed by atoms with E-state index in [2.05, 4.69) is 0 Å². The van der Waals surface area contributed by atoms with Gasteiger partial charge >= 0.3 is 0 Å². The maximum absolute atomic E-state index is 13.5. The molecule has 0 aliphatic heterocycles. The number of hydrogen-bond acceptors (Lipinski definition) is 1. The summed E-state index contributed by atoms with van der Waals surface area (Å²) in [6.45, 7) is 0. The van der Waals surface area contributed by atoms with Crippen LogP contribution in [0, 0.1) is 17.7 Å². The van der Waals surface area contributed by atoms with E-state index in [1.807, 2.05) is 6.07 Å². The van der Waals surface area contributed by atoms with E-state index in [9.17, 15) is 9.50 Å². The molecule has 2 aliphatic carbocycles. The number of rotatable bonds is 3. The lowest BCUT2D eigenvalue weighted by atomic mass is 9.73. The molecule has 1 aromatic carbocycles. The molecule has 3 rings (SSSR count). The first-order valence-corrected chi connectivity index (χ1v) is 7.60. The van der Waals surface area contributed by atoms with E-state index in [0.717, 1.165) is 30.7 Å². The van der Waals surface area contributed by atoms with Gasteiger partial charge in [0.1, 0.15) is 5.82 Å². The van der Waals surface area contributed by atoms with Crippen molar-refractivity contribution < 1.29 is 9.50 Å². The van der Waals surface area contributed by atoms with E-state index in [1.54, 1.807) is 6.07 Å². The van der Waals surface area contributed by atoms with E-state index in [0.29, 0.717) is 12.3 Å². The maximum atomic E-state index is 13.5. The average molecular weight is 283 g/mol. The fourth-order valence-corrected chi connectivity index (χ4v) is 3.66. The van der Waals surface area contributed by atoms with Crippen molar-refractivity contribution in [3.63, 3.8) is 0 Å². The zero-order valence-corrected chi connectivity index (χ0v) is 11.8. The van der Waals surface area contributed by atoms with Gasteiger partial charge in [-0.15, -0.1) is 0 Å². The molecule has 2 atom stereocenters. The van der Waals surface area contributed by atoms with Gasteiger partial charge in [0.25, 0.3) is 0 Å². The van der Waals surface area contributed by atoms with Gasteiger partial charge in [0.2, 0.25) is 0 Å². The van der Waals surface area contributed by atoms with E-state index in [1.165, 1.54) is 25.3 Å². The molecule has 0 aromatic heterocycles. The van der Waals surface area contributed by atoms with Crippen LogP contribution in [0.2, 0.25) is 5.02 Å². The second-order valence-electron chi connectivity index (χ2n) is 6.34. The third kappa shape index (κ3) is 3.11. The zero-order valence-electron chi connectivity index (χ0n) is 11.0. The molecule has 0 amide bonds. The smallest absolute Gasteiger partial charge is 0.142 e. The van der Waals surface area contributed by atoms with Gasteiger partial charge in [-0.2, -0.15) is 0 Å². The molecular weight excluding hydrogens is 263 g/mol. The SMILES string of the molecule is OC1(Cc2ccc(Cl)c(F)c2)CCCC(C2CC2)C1. The van der Waals surface area contributed by atoms with Gasteiger partial charge in [-0.25, -0.2) is 4.39 Å². The first-order valence-electron chi connectivity index (χ1n) is 7.22. The standard InChI is InChI=1S/C16H20ClFO/c17-14-6-3-11(8-15(14)18)9-16(19)7-1-2-13(10-16)12-4-5-12/h3,6,8,12-13,19H,1-2,4-5,7,9-10H2. The molecule has 2 aliphatic rings. The minimum absolute atomic E-state index is 0.148. The lowest BCUT2D eigenvalue weighted by molar-refractivity contribution is -0.0196. The molecule has 3 heteroatoms. The van der Waals surface area contributed by atoms with Crippen molar-refractivity contribution in [1.82, 2.24) is 0 Å². The summed E-state index contributed by atoms with van der Waals surface area (Å²) in [5.74, 6) is 1.13. The van der Waals surface area contributed by atoms with Crippen LogP contribution in [-0.2, 0) is 6.42 Å². The normalized spacial score (nSPS) is 31.4. The van der Waals surface area contributed by atoms with E-state index in [-0.39, 0.29) is 5.02 Å². The van der Waals surface area contributed by atoms with Gasteiger partial charge < -0.3 is 5.11 Å². The van der Waals surface area contributed by atoms with Gasteiger partial charge in [0, 0.05) is 6.42 Å². The first kappa shape index (κ1) is 13.4. The van der Waals surface area contributed by atoms with Crippen LogP contribution in [0.4, 0.5) is 4.39 Å².